The van der Waals surface area contributed by atoms with Crippen LogP contribution in [-0.2, 0) is 5.75 Å². The van der Waals surface area contributed by atoms with Gasteiger partial charge in [-0.05, 0) is 55.5 Å². The van der Waals surface area contributed by atoms with E-state index in [1.165, 1.54) is 35.2 Å². The highest BCUT2D eigenvalue weighted by Crippen LogP contribution is 2.29. The Morgan fingerprint density at radius 1 is 0.971 bits per heavy atom. The highest BCUT2D eigenvalue weighted by atomic mass is 32.2. The summed E-state index contributed by atoms with van der Waals surface area (Å²) in [6.45, 7) is 2.01. The summed E-state index contributed by atoms with van der Waals surface area (Å²) < 4.78 is 16.8. The number of para-hydroxylation sites is 1. The molecule has 0 spiro atoms. The van der Waals surface area contributed by atoms with Crippen LogP contribution in [0.4, 0.5) is 4.39 Å². The molecule has 0 aliphatic heterocycles. The lowest BCUT2D eigenvalue weighted by Crippen LogP contribution is -2.21. The van der Waals surface area contributed by atoms with Gasteiger partial charge in [0.2, 0.25) is 5.78 Å². The maximum absolute atomic E-state index is 13.4. The lowest BCUT2D eigenvalue weighted by atomic mass is 10.2. The monoisotopic (exact) mass is 499 g/mol. The molecule has 9 heteroatoms. The fourth-order valence-corrected chi connectivity index (χ4v) is 5.70. The van der Waals surface area contributed by atoms with Crippen molar-refractivity contribution >= 4 is 39.8 Å². The molecule has 3 heterocycles. The van der Waals surface area contributed by atoms with Crippen molar-refractivity contribution in [3.05, 3.63) is 106 Å². The Labute approximate surface area is 207 Å². The number of halogens is 1. The Kier molecular flexibility index (Phi) is 5.43. The average molecular weight is 500 g/mol. The van der Waals surface area contributed by atoms with Crippen LogP contribution in [0.25, 0.3) is 32.9 Å². The van der Waals surface area contributed by atoms with Gasteiger partial charge in [-0.2, -0.15) is 0 Å². The van der Waals surface area contributed by atoms with Crippen LogP contribution < -0.4 is 5.56 Å². The minimum Gasteiger partial charge on any atom is -0.268 e. The molecule has 0 saturated carbocycles. The second kappa shape index (κ2) is 8.75. The Balaban J connectivity index is 1.40. The van der Waals surface area contributed by atoms with Crippen molar-refractivity contribution in [3.8, 4) is 16.3 Å². The van der Waals surface area contributed by atoms with Gasteiger partial charge in [-0.3, -0.25) is 9.20 Å². The summed E-state index contributed by atoms with van der Waals surface area (Å²) in [5, 5.41) is 12.9. The van der Waals surface area contributed by atoms with Crippen LogP contribution >= 0.6 is 23.1 Å². The molecule has 6 nitrogen and oxygen atoms in total. The van der Waals surface area contributed by atoms with Crippen molar-refractivity contribution < 1.29 is 4.39 Å². The summed E-state index contributed by atoms with van der Waals surface area (Å²) in [5.41, 5.74) is 4.25. The van der Waals surface area contributed by atoms with E-state index in [4.69, 9.17) is 4.98 Å². The number of hydrogen-bond acceptors (Lipinski definition) is 6. The molecule has 0 fully saturated rings. The van der Waals surface area contributed by atoms with Crippen molar-refractivity contribution in [2.24, 2.45) is 0 Å². The van der Waals surface area contributed by atoms with E-state index < -0.39 is 0 Å². The zero-order chi connectivity index (χ0) is 23.9. The first kappa shape index (κ1) is 21.7. The maximum atomic E-state index is 13.4. The molecular weight excluding hydrogens is 481 g/mol. The van der Waals surface area contributed by atoms with Crippen LogP contribution in [0.15, 0.2) is 88.1 Å². The number of thiazole rings is 1. The highest BCUT2D eigenvalue weighted by molar-refractivity contribution is 7.98. The molecule has 0 saturated heterocycles. The van der Waals surface area contributed by atoms with Crippen molar-refractivity contribution in [3.63, 3.8) is 0 Å². The van der Waals surface area contributed by atoms with Crippen LogP contribution in [0.5, 0.6) is 0 Å². The van der Waals surface area contributed by atoms with Crippen LogP contribution in [-0.4, -0.2) is 24.1 Å². The van der Waals surface area contributed by atoms with E-state index in [1.807, 2.05) is 65.2 Å². The van der Waals surface area contributed by atoms with Crippen molar-refractivity contribution in [2.45, 2.75) is 17.8 Å². The molecule has 6 rings (SSSR count). The summed E-state index contributed by atoms with van der Waals surface area (Å²) in [6, 6.07) is 21.6. The van der Waals surface area contributed by atoms with Gasteiger partial charge in [0.1, 0.15) is 10.8 Å². The molecule has 0 radical (unpaired) electrons. The number of nitrogens with zero attached hydrogens (tertiary/aromatic N) is 5. The van der Waals surface area contributed by atoms with Gasteiger partial charge >= 0.3 is 0 Å². The zero-order valence-electron chi connectivity index (χ0n) is 18.6. The smallest absolute Gasteiger partial charge is 0.267 e. The van der Waals surface area contributed by atoms with E-state index in [0.717, 1.165) is 33.0 Å². The van der Waals surface area contributed by atoms with Crippen molar-refractivity contribution in [1.29, 1.82) is 0 Å². The SMILES string of the molecule is Cc1ccc(-n2c(=O)c3ccccc3n3c(SCc4csc(-c5ccc(F)cc5)n4)nnc23)cc1. The van der Waals surface area contributed by atoms with E-state index in [2.05, 4.69) is 10.2 Å². The third kappa shape index (κ3) is 3.92. The van der Waals surface area contributed by atoms with Gasteiger partial charge in [0.05, 0.1) is 22.3 Å². The van der Waals surface area contributed by atoms with E-state index >= 15 is 0 Å². The number of hydrogen-bond donors (Lipinski definition) is 0. The molecule has 0 amide bonds. The van der Waals surface area contributed by atoms with E-state index in [0.29, 0.717) is 22.1 Å². The molecule has 3 aromatic carbocycles. The van der Waals surface area contributed by atoms with Gasteiger partial charge in [-0.25, -0.2) is 13.9 Å². The highest BCUT2D eigenvalue weighted by Gasteiger charge is 2.18. The quantitative estimate of drug-likeness (QED) is 0.277. The van der Waals surface area contributed by atoms with Gasteiger partial charge in [0.25, 0.3) is 5.56 Å². The summed E-state index contributed by atoms with van der Waals surface area (Å²) >= 11 is 3.03. The van der Waals surface area contributed by atoms with Crippen LogP contribution in [0.3, 0.4) is 0 Å². The number of aryl methyl sites for hydroxylation is 1. The van der Waals surface area contributed by atoms with Crippen LogP contribution in [0, 0.1) is 12.7 Å². The lowest BCUT2D eigenvalue weighted by Gasteiger charge is -2.11. The predicted molar refractivity (Wildman–Crippen MR) is 138 cm³/mol. The molecule has 0 atom stereocenters. The van der Waals surface area contributed by atoms with Crippen LogP contribution in [0.1, 0.15) is 11.3 Å². The summed E-state index contributed by atoms with van der Waals surface area (Å²) in [4.78, 5) is 18.1. The molecule has 0 N–H and O–H groups in total. The molecule has 0 aliphatic carbocycles. The first-order valence-corrected chi connectivity index (χ1v) is 12.7. The Morgan fingerprint density at radius 2 is 1.74 bits per heavy atom. The number of fused-ring (bicyclic) bond motifs is 3. The fourth-order valence-electron chi connectivity index (χ4n) is 3.94. The zero-order valence-corrected chi connectivity index (χ0v) is 20.2. The molecule has 0 bridgehead atoms. The topological polar surface area (TPSA) is 65.1 Å². The third-order valence-corrected chi connectivity index (χ3v) is 7.58. The largest absolute Gasteiger partial charge is 0.268 e. The van der Waals surface area contributed by atoms with Crippen LogP contribution in [0.2, 0.25) is 0 Å². The number of rotatable bonds is 5. The summed E-state index contributed by atoms with van der Waals surface area (Å²) in [5.74, 6) is 0.776. The molecule has 3 aromatic heterocycles. The molecule has 6 aromatic rings. The molecule has 172 valence electrons. The second-order valence-corrected chi connectivity index (χ2v) is 9.85. The van der Waals surface area contributed by atoms with Gasteiger partial charge in [-0.1, -0.05) is 41.6 Å². The van der Waals surface area contributed by atoms with Gasteiger partial charge < -0.3 is 0 Å². The third-order valence-electron chi connectivity index (χ3n) is 5.68. The number of benzene rings is 3. The van der Waals surface area contributed by atoms with Crippen molar-refractivity contribution in [1.82, 2.24) is 24.1 Å². The Bertz CT molecular complexity index is 1740. The molecular formula is C26H18FN5OS2. The first-order valence-electron chi connectivity index (χ1n) is 10.9. The van der Waals surface area contributed by atoms with Gasteiger partial charge in [0.15, 0.2) is 5.16 Å². The molecule has 0 unspecified atom stereocenters. The van der Waals surface area contributed by atoms with Gasteiger partial charge in [-0.15, -0.1) is 21.5 Å². The predicted octanol–water partition coefficient (Wildman–Crippen LogP) is 5.90. The van der Waals surface area contributed by atoms with Crippen molar-refractivity contribution in [2.75, 3.05) is 0 Å². The summed E-state index contributed by atoms with van der Waals surface area (Å²) in [7, 11) is 0. The van der Waals surface area contributed by atoms with E-state index in [9.17, 15) is 9.18 Å². The van der Waals surface area contributed by atoms with Gasteiger partial charge in [0, 0.05) is 16.7 Å². The average Bonchev–Trinajstić information content (AvgIpc) is 3.52. The minimum absolute atomic E-state index is 0.135. The minimum atomic E-state index is -0.267. The fraction of sp³-hybridized carbons (Fsp3) is 0.0769. The van der Waals surface area contributed by atoms with E-state index in [1.54, 1.807) is 16.7 Å². The standard InChI is InChI=1S/C26H18FN5OS2/c1-16-6-12-20(13-7-16)31-24(33)21-4-2-3-5-22(21)32-25(31)29-30-26(32)35-15-19-14-34-23(28-19)17-8-10-18(27)11-9-17/h2-14H,15H2,1H3. The number of thioether (sulfide) groups is 1. The molecule has 35 heavy (non-hydrogen) atoms. The maximum Gasteiger partial charge on any atom is 0.267 e. The lowest BCUT2D eigenvalue weighted by molar-refractivity contribution is 0.628. The molecule has 0 aliphatic rings. The summed E-state index contributed by atoms with van der Waals surface area (Å²) in [6.07, 6.45) is 0. The number of aromatic nitrogens is 5. The second-order valence-electron chi connectivity index (χ2n) is 8.05. The Morgan fingerprint density at radius 3 is 2.54 bits per heavy atom. The first-order chi connectivity index (χ1) is 17.1. The Hall–Kier alpha value is -3.82. The van der Waals surface area contributed by atoms with E-state index in [-0.39, 0.29) is 11.4 Å². The normalized spacial score (nSPS) is 11.5.